The lowest BCUT2D eigenvalue weighted by atomic mass is 10.1. The van der Waals surface area contributed by atoms with E-state index < -0.39 is 4.93 Å². The Morgan fingerprint density at radius 2 is 1.54 bits per heavy atom. The van der Waals surface area contributed by atoms with Gasteiger partial charge in [-0.3, -0.25) is 4.79 Å². The van der Waals surface area contributed by atoms with Crippen LogP contribution in [0.15, 0.2) is 24.3 Å². The molecular formula is C29H51NO5S2. The molecule has 1 unspecified atom stereocenters. The summed E-state index contributed by atoms with van der Waals surface area (Å²) in [6.45, 7) is 21.3. The zero-order valence-corrected chi connectivity index (χ0v) is 26.0. The molecule has 6 nitrogen and oxygen atoms in total. The van der Waals surface area contributed by atoms with Crippen LogP contribution in [0.3, 0.4) is 0 Å². The summed E-state index contributed by atoms with van der Waals surface area (Å²) in [6.07, 6.45) is 3.15. The first-order valence-corrected chi connectivity index (χ1v) is 15.7. The monoisotopic (exact) mass is 557 g/mol. The Morgan fingerprint density at radius 3 is 2.19 bits per heavy atom. The van der Waals surface area contributed by atoms with Gasteiger partial charge in [-0.2, -0.15) is 0 Å². The average molecular weight is 558 g/mol. The van der Waals surface area contributed by atoms with Crippen molar-refractivity contribution in [2.75, 3.05) is 46.2 Å². The van der Waals surface area contributed by atoms with Gasteiger partial charge in [0.2, 0.25) is 0 Å². The Labute approximate surface area is 234 Å². The third-order valence-corrected chi connectivity index (χ3v) is 9.13. The molecule has 0 heterocycles. The van der Waals surface area contributed by atoms with Crippen LogP contribution in [0.5, 0.6) is 5.75 Å². The molecule has 1 aromatic carbocycles. The minimum atomic E-state index is -0.579. The van der Waals surface area contributed by atoms with Gasteiger partial charge in [0.1, 0.15) is 12.4 Å². The Morgan fingerprint density at radius 1 is 0.892 bits per heavy atom. The molecule has 37 heavy (non-hydrogen) atoms. The number of carbonyl (C=O) groups excluding carboxylic acids is 1. The summed E-state index contributed by atoms with van der Waals surface area (Å²) in [5, 5.41) is 3.00. The van der Waals surface area contributed by atoms with Crippen LogP contribution in [0.1, 0.15) is 85.0 Å². The van der Waals surface area contributed by atoms with Crippen LogP contribution in [0.4, 0.5) is 0 Å². The van der Waals surface area contributed by atoms with E-state index in [0.717, 1.165) is 25.9 Å². The summed E-state index contributed by atoms with van der Waals surface area (Å²) in [5.74, 6) is 1.87. The van der Waals surface area contributed by atoms with E-state index in [4.69, 9.17) is 18.9 Å². The van der Waals surface area contributed by atoms with Crippen molar-refractivity contribution in [2.45, 2.75) is 84.3 Å². The molecule has 1 N–H and O–H groups in total. The number of benzene rings is 1. The zero-order chi connectivity index (χ0) is 27.7. The molecule has 0 spiro atoms. The lowest BCUT2D eigenvalue weighted by Crippen LogP contribution is -2.34. The number of nitrogens with one attached hydrogen (secondary N) is 1. The quantitative estimate of drug-likeness (QED) is 0.103. The van der Waals surface area contributed by atoms with Crippen LogP contribution in [0.25, 0.3) is 0 Å². The molecule has 0 fully saturated rings. The first kappa shape index (κ1) is 34.1. The summed E-state index contributed by atoms with van der Waals surface area (Å²) < 4.78 is 23.7. The molecule has 0 aliphatic carbocycles. The molecule has 1 atom stereocenters. The van der Waals surface area contributed by atoms with Gasteiger partial charge < -0.3 is 24.3 Å². The van der Waals surface area contributed by atoms with E-state index in [0.29, 0.717) is 62.7 Å². The van der Waals surface area contributed by atoms with E-state index in [9.17, 15) is 4.79 Å². The maximum absolute atomic E-state index is 12.5. The normalized spacial score (nSPS) is 13.7. The highest BCUT2D eigenvalue weighted by Crippen LogP contribution is 2.44. The van der Waals surface area contributed by atoms with Gasteiger partial charge in [-0.25, -0.2) is 0 Å². The van der Waals surface area contributed by atoms with Gasteiger partial charge in [-0.1, -0.05) is 76.1 Å². The largest absolute Gasteiger partial charge is 0.490 e. The van der Waals surface area contributed by atoms with Crippen LogP contribution in [0.2, 0.25) is 0 Å². The molecule has 1 rings (SSSR count). The minimum absolute atomic E-state index is 0.0729. The molecule has 8 heteroatoms. The van der Waals surface area contributed by atoms with Gasteiger partial charge in [-0.05, 0) is 56.2 Å². The van der Waals surface area contributed by atoms with E-state index in [2.05, 4.69) is 53.8 Å². The molecule has 0 bridgehead atoms. The maximum atomic E-state index is 12.5. The third kappa shape index (κ3) is 18.1. The van der Waals surface area contributed by atoms with Crippen molar-refractivity contribution in [1.82, 2.24) is 5.32 Å². The second-order valence-electron chi connectivity index (χ2n) is 11.3. The SMILES string of the molecule is CC(C)CCCNC(=O)c1cccc(OCC(C)(OCCOCCOCCC(C)C)SSC(C)(C)C)c1. The third-order valence-electron chi connectivity index (χ3n) is 5.16. The van der Waals surface area contributed by atoms with Crippen LogP contribution in [-0.4, -0.2) is 61.8 Å². The topological polar surface area (TPSA) is 66.0 Å². The molecule has 0 radical (unpaired) electrons. The molecule has 214 valence electrons. The highest BCUT2D eigenvalue weighted by Gasteiger charge is 2.30. The van der Waals surface area contributed by atoms with Crippen LogP contribution < -0.4 is 10.1 Å². The Balaban J connectivity index is 2.55. The van der Waals surface area contributed by atoms with Gasteiger partial charge in [0.05, 0.1) is 26.4 Å². The maximum Gasteiger partial charge on any atom is 0.251 e. The highest BCUT2D eigenvalue weighted by molar-refractivity contribution is 8.77. The fourth-order valence-electron chi connectivity index (χ4n) is 3.02. The molecule has 0 aromatic heterocycles. The zero-order valence-electron chi connectivity index (χ0n) is 24.4. The van der Waals surface area contributed by atoms with Gasteiger partial charge in [0.15, 0.2) is 4.93 Å². The van der Waals surface area contributed by atoms with Crippen molar-refractivity contribution in [2.24, 2.45) is 11.8 Å². The lowest BCUT2D eigenvalue weighted by Gasteiger charge is -2.31. The molecule has 0 saturated heterocycles. The predicted octanol–water partition coefficient (Wildman–Crippen LogP) is 7.22. The van der Waals surface area contributed by atoms with Crippen molar-refractivity contribution in [3.05, 3.63) is 29.8 Å². The number of carbonyl (C=O) groups is 1. The molecular weight excluding hydrogens is 506 g/mol. The molecule has 1 aromatic rings. The van der Waals surface area contributed by atoms with Gasteiger partial charge in [0.25, 0.3) is 5.91 Å². The van der Waals surface area contributed by atoms with Crippen molar-refractivity contribution in [1.29, 1.82) is 0 Å². The van der Waals surface area contributed by atoms with Crippen LogP contribution in [0, 0.1) is 11.8 Å². The Kier molecular flexibility index (Phi) is 16.9. The molecule has 1 amide bonds. The number of ether oxygens (including phenoxy) is 4. The van der Waals surface area contributed by atoms with Crippen molar-refractivity contribution < 1.29 is 23.7 Å². The Hall–Kier alpha value is -0.930. The van der Waals surface area contributed by atoms with Gasteiger partial charge >= 0.3 is 0 Å². The summed E-state index contributed by atoms with van der Waals surface area (Å²) in [5.41, 5.74) is 0.602. The number of amides is 1. The summed E-state index contributed by atoms with van der Waals surface area (Å²) >= 11 is 0. The summed E-state index contributed by atoms with van der Waals surface area (Å²) in [4.78, 5) is 12.0. The van der Waals surface area contributed by atoms with Crippen LogP contribution in [-0.2, 0) is 14.2 Å². The number of rotatable bonds is 20. The molecule has 0 aliphatic rings. The molecule has 0 saturated carbocycles. The number of hydrogen-bond donors (Lipinski definition) is 1. The fourth-order valence-corrected chi connectivity index (χ4v) is 5.25. The summed E-state index contributed by atoms with van der Waals surface area (Å²) in [7, 11) is 3.43. The van der Waals surface area contributed by atoms with E-state index >= 15 is 0 Å². The standard InChI is InChI=1S/C29H51NO5S2/c1-23(2)11-10-15-30-27(31)25-12-9-13-26(21-25)34-22-29(8,37-36-28(5,6)7)35-20-19-33-18-17-32-16-14-24(3)4/h9,12-13,21,23-24H,10-11,14-20,22H2,1-8H3,(H,30,31). The lowest BCUT2D eigenvalue weighted by molar-refractivity contribution is -0.0333. The van der Waals surface area contributed by atoms with E-state index in [1.54, 1.807) is 27.7 Å². The summed E-state index contributed by atoms with van der Waals surface area (Å²) in [6, 6.07) is 7.33. The smallest absolute Gasteiger partial charge is 0.251 e. The van der Waals surface area contributed by atoms with Gasteiger partial charge in [-0.15, -0.1) is 0 Å². The second-order valence-corrected chi connectivity index (χ2v) is 14.7. The predicted molar refractivity (Wildman–Crippen MR) is 159 cm³/mol. The second kappa shape index (κ2) is 18.4. The highest BCUT2D eigenvalue weighted by atomic mass is 33.1. The van der Waals surface area contributed by atoms with Crippen molar-refractivity contribution >= 4 is 27.5 Å². The first-order valence-electron chi connectivity index (χ1n) is 13.6. The minimum Gasteiger partial charge on any atom is -0.490 e. The van der Waals surface area contributed by atoms with Crippen molar-refractivity contribution in [3.8, 4) is 5.75 Å². The van der Waals surface area contributed by atoms with E-state index in [1.165, 1.54) is 0 Å². The average Bonchev–Trinajstić information content (AvgIpc) is 2.82. The molecule has 0 aliphatic heterocycles. The van der Waals surface area contributed by atoms with Crippen LogP contribution >= 0.6 is 21.6 Å². The number of hydrogen-bond acceptors (Lipinski definition) is 7. The van der Waals surface area contributed by atoms with Gasteiger partial charge in [0, 0.05) is 23.5 Å². The van der Waals surface area contributed by atoms with Crippen molar-refractivity contribution in [3.63, 3.8) is 0 Å². The first-order chi connectivity index (χ1) is 17.4. The Bertz CT molecular complexity index is 754. The fraction of sp³-hybridized carbons (Fsp3) is 0.759. The van der Waals surface area contributed by atoms with E-state index in [-0.39, 0.29) is 10.7 Å². The van der Waals surface area contributed by atoms with E-state index in [1.807, 2.05) is 25.1 Å².